The zero-order chi connectivity index (χ0) is 22.4. The molecule has 3 aromatic carbocycles. The van der Waals surface area contributed by atoms with Crippen LogP contribution in [-0.4, -0.2) is 20.2 Å². The van der Waals surface area contributed by atoms with E-state index in [2.05, 4.69) is 91.6 Å². The molecule has 0 aliphatic carbocycles. The van der Waals surface area contributed by atoms with Crippen molar-refractivity contribution in [1.29, 1.82) is 0 Å². The van der Waals surface area contributed by atoms with Crippen LogP contribution in [0.25, 0.3) is 6.08 Å². The smallest absolute Gasteiger partial charge is 0.127 e. The maximum atomic E-state index is 5.28. The van der Waals surface area contributed by atoms with E-state index in [0.29, 0.717) is 0 Å². The second-order valence-electron chi connectivity index (χ2n) is 8.10. The van der Waals surface area contributed by atoms with Crippen LogP contribution in [0.15, 0.2) is 95.2 Å². The molecule has 1 aliphatic rings. The summed E-state index contributed by atoms with van der Waals surface area (Å²) < 4.78 is 5.28. The van der Waals surface area contributed by atoms with Crippen LogP contribution >= 0.6 is 0 Å². The zero-order valence-electron chi connectivity index (χ0n) is 19.1. The van der Waals surface area contributed by atoms with Gasteiger partial charge in [-0.15, -0.1) is 0 Å². The highest BCUT2D eigenvalue weighted by atomic mass is 16.5. The van der Waals surface area contributed by atoms with Crippen LogP contribution < -0.4 is 9.64 Å². The van der Waals surface area contributed by atoms with Gasteiger partial charge in [-0.3, -0.25) is 0 Å². The molecule has 32 heavy (non-hydrogen) atoms. The first-order chi connectivity index (χ1) is 15.7. The Kier molecular flexibility index (Phi) is 6.69. The number of nitrogens with zero attached hydrogens (tertiary/aromatic N) is 3. The van der Waals surface area contributed by atoms with E-state index < -0.39 is 5.54 Å². The normalized spacial score (nSPS) is 20.0. The first-order valence-electron chi connectivity index (χ1n) is 11.3. The Balaban J connectivity index is 1.60. The van der Waals surface area contributed by atoms with Gasteiger partial charge >= 0.3 is 0 Å². The molecule has 0 saturated carbocycles. The van der Waals surface area contributed by atoms with Crippen LogP contribution in [-0.2, 0) is 5.54 Å². The molecule has 0 aromatic heterocycles. The third-order valence-electron chi connectivity index (χ3n) is 6.23. The lowest BCUT2D eigenvalue weighted by molar-refractivity contribution is 0.415. The molecule has 0 saturated heterocycles. The molecule has 2 atom stereocenters. The summed E-state index contributed by atoms with van der Waals surface area (Å²) in [5.74, 6) is 0.855. The predicted molar refractivity (Wildman–Crippen MR) is 132 cm³/mol. The number of anilines is 1. The summed E-state index contributed by atoms with van der Waals surface area (Å²) in [6.07, 6.45) is 5.14. The van der Waals surface area contributed by atoms with Crippen LogP contribution in [0.5, 0.6) is 5.75 Å². The van der Waals surface area contributed by atoms with Gasteiger partial charge in [0.25, 0.3) is 0 Å². The molecule has 0 fully saturated rings. The molecule has 0 bridgehead atoms. The number of azo groups is 1. The number of ether oxygens (including phenoxy) is 1. The Morgan fingerprint density at radius 3 is 2.25 bits per heavy atom. The molecule has 1 heterocycles. The molecule has 4 rings (SSSR count). The van der Waals surface area contributed by atoms with Gasteiger partial charge in [0.05, 0.1) is 13.2 Å². The van der Waals surface area contributed by atoms with E-state index in [4.69, 9.17) is 15.0 Å². The van der Waals surface area contributed by atoms with Gasteiger partial charge in [0.1, 0.15) is 11.3 Å². The number of rotatable bonds is 8. The third-order valence-corrected chi connectivity index (χ3v) is 6.23. The lowest BCUT2D eigenvalue weighted by Gasteiger charge is -2.23. The average Bonchev–Trinajstić information content (AvgIpc) is 3.30. The second-order valence-corrected chi connectivity index (χ2v) is 8.10. The molecular formula is C28H31N3O. The van der Waals surface area contributed by atoms with Gasteiger partial charge in [-0.25, -0.2) is 0 Å². The van der Waals surface area contributed by atoms with E-state index >= 15 is 0 Å². The topological polar surface area (TPSA) is 37.2 Å². The van der Waals surface area contributed by atoms with Crippen LogP contribution in [0.4, 0.5) is 5.69 Å². The monoisotopic (exact) mass is 425 g/mol. The lowest BCUT2D eigenvalue weighted by atomic mass is 9.83. The molecule has 0 N–H and O–H groups in total. The van der Waals surface area contributed by atoms with Gasteiger partial charge < -0.3 is 9.64 Å². The lowest BCUT2D eigenvalue weighted by Crippen LogP contribution is -2.21. The molecule has 2 unspecified atom stereocenters. The second kappa shape index (κ2) is 9.82. The van der Waals surface area contributed by atoms with Gasteiger partial charge in [0.15, 0.2) is 0 Å². The molecule has 1 aliphatic heterocycles. The van der Waals surface area contributed by atoms with Gasteiger partial charge in [0, 0.05) is 25.2 Å². The largest absolute Gasteiger partial charge is 0.497 e. The number of hydrogen-bond acceptors (Lipinski definition) is 4. The highest BCUT2D eigenvalue weighted by molar-refractivity contribution is 5.54. The predicted octanol–water partition coefficient (Wildman–Crippen LogP) is 7.05. The molecule has 0 radical (unpaired) electrons. The van der Waals surface area contributed by atoms with Crippen molar-refractivity contribution in [2.45, 2.75) is 31.8 Å². The highest BCUT2D eigenvalue weighted by Gasteiger charge is 2.38. The Morgan fingerprint density at radius 2 is 1.62 bits per heavy atom. The van der Waals surface area contributed by atoms with E-state index in [1.54, 1.807) is 7.11 Å². The number of benzene rings is 3. The van der Waals surface area contributed by atoms with Crippen molar-refractivity contribution in [2.75, 3.05) is 25.1 Å². The Hall–Kier alpha value is -3.40. The molecule has 0 spiro atoms. The highest BCUT2D eigenvalue weighted by Crippen LogP contribution is 2.45. The van der Waals surface area contributed by atoms with Crippen LogP contribution in [0.1, 0.15) is 43.0 Å². The minimum Gasteiger partial charge on any atom is -0.497 e. The minimum absolute atomic E-state index is 0.0430. The average molecular weight is 426 g/mol. The molecule has 0 amide bonds. The van der Waals surface area contributed by atoms with Crippen molar-refractivity contribution < 1.29 is 4.74 Å². The fraction of sp³-hybridized carbons (Fsp3) is 0.286. The SMILES string of the molecule is CCN(CC)c1ccc(C2CC(C=Cc3ccc(OC)cc3)(c3ccccc3)N=N2)cc1. The van der Waals surface area contributed by atoms with Crippen molar-refractivity contribution in [2.24, 2.45) is 10.2 Å². The summed E-state index contributed by atoms with van der Waals surface area (Å²) in [7, 11) is 1.68. The number of methoxy groups -OCH3 is 1. The van der Waals surface area contributed by atoms with Crippen molar-refractivity contribution in [3.8, 4) is 5.75 Å². The summed E-state index contributed by atoms with van der Waals surface area (Å²) in [6.45, 7) is 6.39. The quantitative estimate of drug-likeness (QED) is 0.388. The van der Waals surface area contributed by atoms with Gasteiger partial charge in [0.2, 0.25) is 0 Å². The Bertz CT molecular complexity index is 1050. The Labute approximate surface area is 191 Å². The molecule has 3 aromatic rings. The first-order valence-corrected chi connectivity index (χ1v) is 11.3. The van der Waals surface area contributed by atoms with Crippen LogP contribution in [0, 0.1) is 0 Å². The first kappa shape index (κ1) is 21.8. The van der Waals surface area contributed by atoms with E-state index in [1.165, 1.54) is 11.3 Å². The van der Waals surface area contributed by atoms with E-state index in [0.717, 1.165) is 36.4 Å². The van der Waals surface area contributed by atoms with E-state index in [-0.39, 0.29) is 6.04 Å². The maximum Gasteiger partial charge on any atom is 0.127 e. The standard InChI is InChI=1S/C28H31N3O/c1-4-31(5-2)25-15-13-23(14-16-25)27-21-28(30-29-27,24-9-7-6-8-10-24)20-19-22-11-17-26(32-3)18-12-22/h6-20,27H,4-5,21H2,1-3H3. The van der Waals surface area contributed by atoms with Crippen molar-refractivity contribution in [1.82, 2.24) is 0 Å². The fourth-order valence-corrected chi connectivity index (χ4v) is 4.28. The number of hydrogen-bond donors (Lipinski definition) is 0. The van der Waals surface area contributed by atoms with Crippen molar-refractivity contribution in [3.05, 3.63) is 102 Å². The zero-order valence-corrected chi connectivity index (χ0v) is 19.1. The minimum atomic E-state index is -0.469. The third kappa shape index (κ3) is 4.59. The Morgan fingerprint density at radius 1 is 0.938 bits per heavy atom. The summed E-state index contributed by atoms with van der Waals surface area (Å²) in [6, 6.07) is 27.4. The molecule has 164 valence electrons. The molecule has 4 nitrogen and oxygen atoms in total. The van der Waals surface area contributed by atoms with Crippen LogP contribution in [0.3, 0.4) is 0 Å². The van der Waals surface area contributed by atoms with E-state index in [1.807, 2.05) is 18.2 Å². The van der Waals surface area contributed by atoms with Crippen LogP contribution in [0.2, 0.25) is 0 Å². The summed E-state index contributed by atoms with van der Waals surface area (Å²) in [4.78, 5) is 2.35. The van der Waals surface area contributed by atoms with Gasteiger partial charge in [-0.05, 0) is 54.8 Å². The van der Waals surface area contributed by atoms with Crippen molar-refractivity contribution >= 4 is 11.8 Å². The molecular weight excluding hydrogens is 394 g/mol. The van der Waals surface area contributed by atoms with Gasteiger partial charge in [-0.2, -0.15) is 10.2 Å². The summed E-state index contributed by atoms with van der Waals surface area (Å²) in [5, 5.41) is 9.57. The van der Waals surface area contributed by atoms with Crippen molar-refractivity contribution in [3.63, 3.8) is 0 Å². The fourth-order valence-electron chi connectivity index (χ4n) is 4.28. The molecule has 4 heteroatoms. The summed E-state index contributed by atoms with van der Waals surface area (Å²) in [5.41, 5.74) is 4.27. The summed E-state index contributed by atoms with van der Waals surface area (Å²) >= 11 is 0. The van der Waals surface area contributed by atoms with E-state index in [9.17, 15) is 0 Å². The maximum absolute atomic E-state index is 5.28. The van der Waals surface area contributed by atoms with Gasteiger partial charge in [-0.1, -0.05) is 66.7 Å².